The van der Waals surface area contributed by atoms with Crippen LogP contribution in [0.4, 0.5) is 10.5 Å². The van der Waals surface area contributed by atoms with Crippen molar-refractivity contribution in [1.29, 1.82) is 0 Å². The van der Waals surface area contributed by atoms with Crippen molar-refractivity contribution < 1.29 is 19.1 Å². The number of hydrogen-bond acceptors (Lipinski definition) is 4. The van der Waals surface area contributed by atoms with Gasteiger partial charge < -0.3 is 20.3 Å². The lowest BCUT2D eigenvalue weighted by molar-refractivity contribution is -0.160. The molecule has 1 aromatic carbocycles. The summed E-state index contributed by atoms with van der Waals surface area (Å²) in [5.41, 5.74) is -0.0240. The summed E-state index contributed by atoms with van der Waals surface area (Å²) < 4.78 is 6.26. The topological polar surface area (TPSA) is 87.7 Å². The summed E-state index contributed by atoms with van der Waals surface area (Å²) in [7, 11) is 0. The summed E-state index contributed by atoms with van der Waals surface area (Å²) >= 11 is 3.35. The minimum Gasteiger partial charge on any atom is -0.459 e. The van der Waals surface area contributed by atoms with E-state index in [4.69, 9.17) is 4.74 Å². The van der Waals surface area contributed by atoms with Gasteiger partial charge in [-0.3, -0.25) is 9.59 Å². The van der Waals surface area contributed by atoms with Crippen LogP contribution >= 0.6 is 15.9 Å². The molecular formula is C22H34BrN3O4. The fourth-order valence-electron chi connectivity index (χ4n) is 2.78. The summed E-state index contributed by atoms with van der Waals surface area (Å²) in [6.07, 6.45) is 0.449. The molecule has 0 aliphatic carbocycles. The number of halogens is 1. The van der Waals surface area contributed by atoms with Gasteiger partial charge in [0, 0.05) is 16.2 Å². The van der Waals surface area contributed by atoms with Crippen LogP contribution in [-0.2, 0) is 14.3 Å². The molecule has 0 bridgehead atoms. The second-order valence-electron chi connectivity index (χ2n) is 8.93. The van der Waals surface area contributed by atoms with Gasteiger partial charge in [-0.05, 0) is 71.2 Å². The molecule has 0 aliphatic heterocycles. The Kier molecular flexibility index (Phi) is 9.81. The number of rotatable bonds is 8. The summed E-state index contributed by atoms with van der Waals surface area (Å²) in [4.78, 5) is 39.5. The quantitative estimate of drug-likeness (QED) is 0.530. The zero-order valence-corrected chi connectivity index (χ0v) is 20.5. The Balaban J connectivity index is 2.91. The van der Waals surface area contributed by atoms with E-state index in [0.29, 0.717) is 12.1 Å². The average Bonchev–Trinajstić information content (AvgIpc) is 2.58. The molecule has 0 aliphatic rings. The predicted molar refractivity (Wildman–Crippen MR) is 122 cm³/mol. The molecule has 0 saturated heterocycles. The van der Waals surface area contributed by atoms with Crippen molar-refractivity contribution in [2.45, 2.75) is 72.6 Å². The van der Waals surface area contributed by atoms with Crippen LogP contribution in [0.25, 0.3) is 0 Å². The van der Waals surface area contributed by atoms with E-state index in [1.54, 1.807) is 32.9 Å². The molecule has 168 valence electrons. The molecule has 0 saturated carbocycles. The number of carbonyl (C=O) groups is 3. The van der Waals surface area contributed by atoms with E-state index in [9.17, 15) is 14.4 Å². The minimum absolute atomic E-state index is 0.168. The lowest BCUT2D eigenvalue weighted by atomic mass is 10.0. The third kappa shape index (κ3) is 9.61. The highest BCUT2D eigenvalue weighted by molar-refractivity contribution is 9.10. The third-order valence-corrected chi connectivity index (χ3v) is 4.57. The zero-order valence-electron chi connectivity index (χ0n) is 18.9. The van der Waals surface area contributed by atoms with Crippen molar-refractivity contribution in [2.75, 3.05) is 11.9 Å². The van der Waals surface area contributed by atoms with Crippen molar-refractivity contribution in [2.24, 2.45) is 5.92 Å². The molecule has 1 rings (SSSR count). The van der Waals surface area contributed by atoms with Gasteiger partial charge in [0.1, 0.15) is 18.2 Å². The molecule has 0 aromatic heterocycles. The van der Waals surface area contributed by atoms with Crippen LogP contribution in [0.15, 0.2) is 28.7 Å². The smallest absolute Gasteiger partial charge is 0.326 e. The number of carbonyl (C=O) groups excluding carboxylic acids is 3. The number of urea groups is 1. The van der Waals surface area contributed by atoms with Crippen molar-refractivity contribution >= 4 is 39.5 Å². The number of ether oxygens (including phenoxy) is 1. The summed E-state index contributed by atoms with van der Waals surface area (Å²) in [5, 5.41) is 5.50. The molecule has 0 fully saturated rings. The fraction of sp³-hybridized carbons (Fsp3) is 0.591. The summed E-state index contributed by atoms with van der Waals surface area (Å²) in [5.74, 6) is -0.620. The van der Waals surface area contributed by atoms with Gasteiger partial charge >= 0.3 is 12.0 Å². The minimum atomic E-state index is -0.759. The first-order valence-corrected chi connectivity index (χ1v) is 10.9. The number of nitrogens with one attached hydrogen (secondary N) is 2. The molecule has 2 N–H and O–H groups in total. The normalized spacial score (nSPS) is 12.5. The van der Waals surface area contributed by atoms with Gasteiger partial charge in [0.25, 0.3) is 0 Å². The highest BCUT2D eigenvalue weighted by Gasteiger charge is 2.31. The van der Waals surface area contributed by atoms with Crippen LogP contribution in [-0.4, -0.2) is 47.0 Å². The number of esters is 1. The summed E-state index contributed by atoms with van der Waals surface area (Å²) in [6.45, 7) is 12.8. The molecule has 8 heteroatoms. The SMILES string of the molecule is CC(C)C[C@H](NC(=O)Nc1ccc(Br)cc1)C(=O)N(CC(=O)OC(C)(C)C)C(C)C. The molecule has 3 amide bonds. The van der Waals surface area contributed by atoms with Crippen LogP contribution < -0.4 is 10.6 Å². The van der Waals surface area contributed by atoms with Crippen molar-refractivity contribution in [3.8, 4) is 0 Å². The monoisotopic (exact) mass is 483 g/mol. The van der Waals surface area contributed by atoms with E-state index >= 15 is 0 Å². The van der Waals surface area contributed by atoms with Crippen molar-refractivity contribution in [3.63, 3.8) is 0 Å². The van der Waals surface area contributed by atoms with Gasteiger partial charge in [0.15, 0.2) is 0 Å². The van der Waals surface area contributed by atoms with E-state index < -0.39 is 23.6 Å². The predicted octanol–water partition coefficient (Wildman–Crippen LogP) is 4.56. The fourth-order valence-corrected chi connectivity index (χ4v) is 3.04. The zero-order chi connectivity index (χ0) is 23.1. The molecule has 0 unspecified atom stereocenters. The molecule has 1 aromatic rings. The Hall–Kier alpha value is -2.09. The van der Waals surface area contributed by atoms with E-state index in [1.807, 2.05) is 39.8 Å². The number of hydrogen-bond donors (Lipinski definition) is 2. The van der Waals surface area contributed by atoms with Gasteiger partial charge in [-0.15, -0.1) is 0 Å². The van der Waals surface area contributed by atoms with E-state index in [-0.39, 0.29) is 24.4 Å². The Morgan fingerprint density at radius 1 is 1.07 bits per heavy atom. The maximum Gasteiger partial charge on any atom is 0.326 e. The maximum atomic E-state index is 13.2. The molecule has 7 nitrogen and oxygen atoms in total. The standard InChI is InChI=1S/C22H34BrN3O4/c1-14(2)12-18(25-21(29)24-17-10-8-16(23)9-11-17)20(28)26(15(3)4)13-19(27)30-22(5,6)7/h8-11,14-15,18H,12-13H2,1-7H3,(H2,24,25,29)/t18-/m0/s1. The van der Waals surface area contributed by atoms with E-state index in [2.05, 4.69) is 26.6 Å². The van der Waals surface area contributed by atoms with Gasteiger partial charge in [-0.2, -0.15) is 0 Å². The summed E-state index contributed by atoms with van der Waals surface area (Å²) in [6, 6.07) is 5.68. The second-order valence-corrected chi connectivity index (χ2v) is 9.85. The lowest BCUT2D eigenvalue weighted by Crippen LogP contribution is -2.53. The van der Waals surface area contributed by atoms with Crippen molar-refractivity contribution in [1.82, 2.24) is 10.2 Å². The van der Waals surface area contributed by atoms with Crippen LogP contribution in [0.2, 0.25) is 0 Å². The highest BCUT2D eigenvalue weighted by Crippen LogP contribution is 2.15. The second kappa shape index (κ2) is 11.3. The van der Waals surface area contributed by atoms with Crippen LogP contribution in [0, 0.1) is 5.92 Å². The molecular weight excluding hydrogens is 450 g/mol. The Bertz CT molecular complexity index is 727. The van der Waals surface area contributed by atoms with Crippen LogP contribution in [0.5, 0.6) is 0 Å². The van der Waals surface area contributed by atoms with E-state index in [1.165, 1.54) is 4.90 Å². The van der Waals surface area contributed by atoms with Crippen molar-refractivity contribution in [3.05, 3.63) is 28.7 Å². The molecule has 1 atom stereocenters. The van der Waals surface area contributed by atoms with Crippen LogP contribution in [0.1, 0.15) is 54.9 Å². The maximum absolute atomic E-state index is 13.2. The molecule has 30 heavy (non-hydrogen) atoms. The lowest BCUT2D eigenvalue weighted by Gasteiger charge is -2.32. The third-order valence-electron chi connectivity index (χ3n) is 4.04. The van der Waals surface area contributed by atoms with Gasteiger partial charge in [0.2, 0.25) is 5.91 Å². The van der Waals surface area contributed by atoms with Gasteiger partial charge in [0.05, 0.1) is 0 Å². The average molecular weight is 484 g/mol. The number of nitrogens with zero attached hydrogens (tertiary/aromatic N) is 1. The van der Waals surface area contributed by atoms with E-state index in [0.717, 1.165) is 4.47 Å². The highest BCUT2D eigenvalue weighted by atomic mass is 79.9. The first-order valence-electron chi connectivity index (χ1n) is 10.1. The first kappa shape index (κ1) is 25.9. The number of amides is 3. The largest absolute Gasteiger partial charge is 0.459 e. The van der Waals surface area contributed by atoms with Gasteiger partial charge in [-0.1, -0.05) is 29.8 Å². The molecule has 0 spiro atoms. The number of anilines is 1. The Morgan fingerprint density at radius 2 is 1.63 bits per heavy atom. The first-order chi connectivity index (χ1) is 13.8. The van der Waals surface area contributed by atoms with Gasteiger partial charge in [-0.25, -0.2) is 4.79 Å². The molecule has 0 heterocycles. The Labute approximate surface area is 188 Å². The Morgan fingerprint density at radius 3 is 2.10 bits per heavy atom. The number of benzene rings is 1. The van der Waals surface area contributed by atoms with Crippen LogP contribution in [0.3, 0.4) is 0 Å². The molecule has 0 radical (unpaired) electrons.